The number of hydrogen-bond acceptors (Lipinski definition) is 7. The molecule has 35 heavy (non-hydrogen) atoms. The van der Waals surface area contributed by atoms with Crippen LogP contribution in [0.2, 0.25) is 0 Å². The number of carbonyl (C=O) groups excluding carboxylic acids is 1. The number of carbonyl (C=O) groups is 1. The molecule has 0 aromatic carbocycles. The molecular formula is C22H24F3N9O. The molecule has 4 aromatic heterocycles. The smallest absolute Gasteiger partial charge is 0.285 e. The third-order valence-corrected chi connectivity index (χ3v) is 6.16. The van der Waals surface area contributed by atoms with Crippen LogP contribution in [0.4, 0.5) is 24.9 Å². The summed E-state index contributed by atoms with van der Waals surface area (Å²) in [7, 11) is 1.68. The van der Waals surface area contributed by atoms with E-state index in [-0.39, 0.29) is 31.4 Å². The fourth-order valence-corrected chi connectivity index (χ4v) is 4.35. The molecule has 5 rings (SSSR count). The van der Waals surface area contributed by atoms with Gasteiger partial charge in [0.25, 0.3) is 5.92 Å². The average molecular weight is 487 g/mol. The van der Waals surface area contributed by atoms with Crippen LogP contribution in [-0.2, 0) is 11.3 Å². The Morgan fingerprint density at radius 1 is 1.26 bits per heavy atom. The number of pyridine rings is 1. The molecule has 1 saturated heterocycles. The van der Waals surface area contributed by atoms with Crippen molar-refractivity contribution in [3.05, 3.63) is 30.7 Å². The van der Waals surface area contributed by atoms with Crippen LogP contribution in [0, 0.1) is 0 Å². The summed E-state index contributed by atoms with van der Waals surface area (Å²) in [5, 5.41) is 10.1. The van der Waals surface area contributed by atoms with E-state index < -0.39 is 25.2 Å². The van der Waals surface area contributed by atoms with E-state index in [1.54, 1.807) is 46.9 Å². The Morgan fingerprint density at radius 3 is 2.80 bits per heavy atom. The lowest BCUT2D eigenvalue weighted by molar-refractivity contribution is -0.140. The first-order valence-corrected chi connectivity index (χ1v) is 11.2. The number of nitrogens with one attached hydrogen (secondary N) is 2. The van der Waals surface area contributed by atoms with Crippen LogP contribution >= 0.6 is 0 Å². The van der Waals surface area contributed by atoms with Crippen molar-refractivity contribution in [3.63, 3.8) is 0 Å². The molecule has 1 amide bonds. The van der Waals surface area contributed by atoms with Crippen molar-refractivity contribution in [2.24, 2.45) is 0 Å². The van der Waals surface area contributed by atoms with Crippen molar-refractivity contribution in [3.8, 4) is 11.3 Å². The van der Waals surface area contributed by atoms with Gasteiger partial charge in [-0.2, -0.15) is 4.98 Å². The van der Waals surface area contributed by atoms with Crippen molar-refractivity contribution in [2.75, 3.05) is 37.4 Å². The van der Waals surface area contributed by atoms with E-state index in [0.717, 1.165) is 10.5 Å². The van der Waals surface area contributed by atoms with Gasteiger partial charge < -0.3 is 20.1 Å². The topological polar surface area (TPSA) is 105 Å². The van der Waals surface area contributed by atoms with Crippen molar-refractivity contribution >= 4 is 34.4 Å². The number of anilines is 2. The maximum Gasteiger partial charge on any atom is 0.285 e. The summed E-state index contributed by atoms with van der Waals surface area (Å²) in [5.41, 5.74) is 3.16. The van der Waals surface area contributed by atoms with Gasteiger partial charge in [-0.1, -0.05) is 0 Å². The molecule has 2 N–H and O–H groups in total. The molecule has 1 atom stereocenters. The number of likely N-dealkylation sites (tertiary alicyclic amines) is 1. The van der Waals surface area contributed by atoms with Gasteiger partial charge in [-0.15, -0.1) is 5.10 Å². The summed E-state index contributed by atoms with van der Waals surface area (Å²) in [4.78, 5) is 26.0. The van der Waals surface area contributed by atoms with E-state index in [1.165, 1.54) is 6.92 Å². The van der Waals surface area contributed by atoms with Crippen molar-refractivity contribution in [1.82, 2.24) is 34.0 Å². The third kappa shape index (κ3) is 4.10. The maximum atomic E-state index is 14.7. The highest BCUT2D eigenvalue weighted by Gasteiger charge is 2.45. The molecule has 1 unspecified atom stereocenters. The number of aromatic nitrogens is 6. The number of imidazole rings is 1. The largest absolute Gasteiger partial charge is 0.371 e. The maximum absolute atomic E-state index is 14.7. The second-order valence-electron chi connectivity index (χ2n) is 8.41. The predicted octanol–water partition coefficient (Wildman–Crippen LogP) is 2.82. The Labute approximate surface area is 198 Å². The standard InChI is InChI=1S/C22H24F3N9O/c1-13(35)32-8-6-17(22(24,25)11-32)29-21-30-19(26-2)18-14(5-9-34(18)31-21)15-3-4-16-20(28-15)33(10-7-23)12-27-16/h3-5,9,12,17H,6-8,10-11H2,1-2H3,(H2,26,29,30,31). The molecule has 184 valence electrons. The van der Waals surface area contributed by atoms with Gasteiger partial charge in [0.05, 0.1) is 31.2 Å². The highest BCUT2D eigenvalue weighted by molar-refractivity contribution is 5.89. The zero-order chi connectivity index (χ0) is 24.7. The van der Waals surface area contributed by atoms with Gasteiger partial charge in [0.1, 0.15) is 17.7 Å². The number of aryl methyl sites for hydroxylation is 1. The number of halogens is 3. The molecule has 1 aliphatic heterocycles. The lowest BCUT2D eigenvalue weighted by Gasteiger charge is -2.38. The molecular weight excluding hydrogens is 463 g/mol. The summed E-state index contributed by atoms with van der Waals surface area (Å²) < 4.78 is 45.5. The second kappa shape index (κ2) is 8.71. The van der Waals surface area contributed by atoms with Crippen LogP contribution < -0.4 is 10.6 Å². The molecule has 5 heterocycles. The minimum absolute atomic E-state index is 0.0365. The van der Waals surface area contributed by atoms with E-state index in [1.807, 2.05) is 0 Å². The van der Waals surface area contributed by atoms with Crippen LogP contribution in [0.1, 0.15) is 13.3 Å². The molecule has 1 fully saturated rings. The molecule has 10 nitrogen and oxygen atoms in total. The minimum atomic E-state index is -3.13. The Morgan fingerprint density at radius 2 is 2.09 bits per heavy atom. The molecule has 13 heteroatoms. The molecule has 0 radical (unpaired) electrons. The van der Waals surface area contributed by atoms with Gasteiger partial charge in [0.2, 0.25) is 11.9 Å². The highest BCUT2D eigenvalue weighted by atomic mass is 19.3. The zero-order valence-corrected chi connectivity index (χ0v) is 19.2. The van der Waals surface area contributed by atoms with Crippen molar-refractivity contribution in [1.29, 1.82) is 0 Å². The monoisotopic (exact) mass is 487 g/mol. The quantitative estimate of drug-likeness (QED) is 0.431. The van der Waals surface area contributed by atoms with Gasteiger partial charge in [0, 0.05) is 32.3 Å². The van der Waals surface area contributed by atoms with E-state index in [0.29, 0.717) is 28.2 Å². The molecule has 0 spiro atoms. The van der Waals surface area contributed by atoms with E-state index >= 15 is 0 Å². The molecule has 0 saturated carbocycles. The van der Waals surface area contributed by atoms with Gasteiger partial charge >= 0.3 is 0 Å². The fourth-order valence-electron chi connectivity index (χ4n) is 4.35. The van der Waals surface area contributed by atoms with Gasteiger partial charge in [-0.05, 0) is 24.6 Å². The SMILES string of the molecule is CNc1nc(NC2CCN(C(C)=O)CC2(F)F)nn2ccc(-c3ccc4ncn(CCF)c4n3)c12. The number of amides is 1. The Bertz CT molecular complexity index is 1400. The number of alkyl halides is 3. The highest BCUT2D eigenvalue weighted by Crippen LogP contribution is 2.32. The van der Waals surface area contributed by atoms with Crippen LogP contribution in [0.15, 0.2) is 30.7 Å². The molecule has 0 aliphatic carbocycles. The van der Waals surface area contributed by atoms with Crippen LogP contribution in [0.25, 0.3) is 27.9 Å². The van der Waals surface area contributed by atoms with Crippen molar-refractivity contribution < 1.29 is 18.0 Å². The number of nitrogens with zero attached hydrogens (tertiary/aromatic N) is 7. The lowest BCUT2D eigenvalue weighted by Crippen LogP contribution is -2.55. The van der Waals surface area contributed by atoms with Crippen LogP contribution in [0.5, 0.6) is 0 Å². The van der Waals surface area contributed by atoms with Gasteiger partial charge in [0.15, 0.2) is 11.5 Å². The third-order valence-electron chi connectivity index (χ3n) is 6.16. The first-order valence-electron chi connectivity index (χ1n) is 11.2. The normalized spacial score (nSPS) is 17.7. The summed E-state index contributed by atoms with van der Waals surface area (Å²) in [6, 6.07) is 4.20. The van der Waals surface area contributed by atoms with Crippen molar-refractivity contribution in [2.45, 2.75) is 31.9 Å². The van der Waals surface area contributed by atoms with E-state index in [4.69, 9.17) is 0 Å². The fraction of sp³-hybridized carbons (Fsp3) is 0.409. The molecule has 1 aliphatic rings. The second-order valence-corrected chi connectivity index (χ2v) is 8.41. The lowest BCUT2D eigenvalue weighted by atomic mass is 10.0. The zero-order valence-electron chi connectivity index (χ0n) is 19.2. The van der Waals surface area contributed by atoms with Gasteiger partial charge in [-0.25, -0.2) is 27.7 Å². The van der Waals surface area contributed by atoms with Crippen LogP contribution in [0.3, 0.4) is 0 Å². The van der Waals surface area contributed by atoms with E-state index in [2.05, 4.69) is 30.7 Å². The number of fused-ring (bicyclic) bond motifs is 2. The Balaban J connectivity index is 1.49. The minimum Gasteiger partial charge on any atom is -0.371 e. The van der Waals surface area contributed by atoms with E-state index in [9.17, 15) is 18.0 Å². The molecule has 4 aromatic rings. The Kier molecular flexibility index (Phi) is 5.69. The van der Waals surface area contributed by atoms with Crippen LogP contribution in [-0.4, -0.2) is 78.7 Å². The molecule has 0 bridgehead atoms. The number of piperidine rings is 1. The summed E-state index contributed by atoms with van der Waals surface area (Å²) in [6.45, 7) is 0.476. The number of rotatable bonds is 6. The number of hydrogen-bond donors (Lipinski definition) is 2. The summed E-state index contributed by atoms with van der Waals surface area (Å²) in [6.07, 6.45) is 3.31. The van der Waals surface area contributed by atoms with Gasteiger partial charge in [-0.3, -0.25) is 4.79 Å². The predicted molar refractivity (Wildman–Crippen MR) is 124 cm³/mol. The summed E-state index contributed by atoms with van der Waals surface area (Å²) >= 11 is 0. The first kappa shape index (κ1) is 22.9. The Hall–Kier alpha value is -3.90. The first-order chi connectivity index (χ1) is 16.8. The summed E-state index contributed by atoms with van der Waals surface area (Å²) in [5.74, 6) is -3.05. The average Bonchev–Trinajstić information content (AvgIpc) is 3.44.